The molecule has 0 aliphatic rings. The van der Waals surface area contributed by atoms with Crippen LogP contribution in [0, 0.1) is 11.3 Å². The van der Waals surface area contributed by atoms with Crippen molar-refractivity contribution in [2.45, 2.75) is 0 Å². The van der Waals surface area contributed by atoms with E-state index in [9.17, 15) is 0 Å². The van der Waals surface area contributed by atoms with Crippen LogP contribution in [0.2, 0.25) is 5.15 Å². The monoisotopic (exact) mass is 236 g/mol. The Morgan fingerprint density at radius 3 is 2.60 bits per heavy atom. The molecule has 1 heterocycles. The second-order valence-electron chi connectivity index (χ2n) is 2.67. The van der Waals surface area contributed by atoms with Gasteiger partial charge in [-0.05, 0) is 24.3 Å². The van der Waals surface area contributed by atoms with Gasteiger partial charge in [-0.1, -0.05) is 22.9 Å². The summed E-state index contributed by atoms with van der Waals surface area (Å²) in [6.07, 6.45) is 0. The summed E-state index contributed by atoms with van der Waals surface area (Å²) in [7, 11) is 0. The van der Waals surface area contributed by atoms with Crippen LogP contribution in [0.25, 0.3) is 0 Å². The molecular formula is C10H5ClN2OS. The Balaban J connectivity index is 2.15. The first-order valence-corrected chi connectivity index (χ1v) is 5.33. The van der Waals surface area contributed by atoms with Crippen LogP contribution in [-0.4, -0.2) is 4.98 Å². The number of rotatable bonds is 2. The van der Waals surface area contributed by atoms with Crippen LogP contribution in [0.5, 0.6) is 10.9 Å². The van der Waals surface area contributed by atoms with Gasteiger partial charge in [0.25, 0.3) is 5.19 Å². The molecule has 15 heavy (non-hydrogen) atoms. The molecule has 3 nitrogen and oxygen atoms in total. The van der Waals surface area contributed by atoms with Crippen LogP contribution in [-0.2, 0) is 0 Å². The molecule has 0 aliphatic carbocycles. The number of thiazole rings is 1. The molecule has 0 spiro atoms. The van der Waals surface area contributed by atoms with E-state index < -0.39 is 0 Å². The summed E-state index contributed by atoms with van der Waals surface area (Å²) >= 11 is 6.97. The minimum Gasteiger partial charge on any atom is -0.431 e. The highest BCUT2D eigenvalue weighted by Crippen LogP contribution is 2.26. The van der Waals surface area contributed by atoms with Crippen molar-refractivity contribution in [2.75, 3.05) is 0 Å². The predicted octanol–water partition coefficient (Wildman–Crippen LogP) is 3.46. The minimum absolute atomic E-state index is 0.420. The molecule has 5 heteroatoms. The van der Waals surface area contributed by atoms with Gasteiger partial charge in [-0.25, -0.2) is 0 Å². The highest BCUT2D eigenvalue weighted by molar-refractivity contribution is 7.11. The summed E-state index contributed by atoms with van der Waals surface area (Å²) in [4.78, 5) is 3.95. The summed E-state index contributed by atoms with van der Waals surface area (Å²) < 4.78 is 5.41. The fourth-order valence-corrected chi connectivity index (χ4v) is 1.79. The lowest BCUT2D eigenvalue weighted by molar-refractivity contribution is 0.479. The van der Waals surface area contributed by atoms with Crippen molar-refractivity contribution in [3.63, 3.8) is 0 Å². The summed E-state index contributed by atoms with van der Waals surface area (Å²) in [5.74, 6) is 0.639. The third kappa shape index (κ3) is 2.46. The fraction of sp³-hybridized carbons (Fsp3) is 0. The number of nitriles is 1. The Labute approximate surface area is 95.5 Å². The Kier molecular flexibility index (Phi) is 2.86. The van der Waals surface area contributed by atoms with Crippen LogP contribution >= 0.6 is 22.9 Å². The van der Waals surface area contributed by atoms with Gasteiger partial charge < -0.3 is 4.74 Å². The van der Waals surface area contributed by atoms with Gasteiger partial charge in [-0.15, -0.1) is 0 Å². The van der Waals surface area contributed by atoms with Crippen molar-refractivity contribution >= 4 is 22.9 Å². The van der Waals surface area contributed by atoms with Crippen molar-refractivity contribution in [3.05, 3.63) is 40.4 Å². The molecule has 1 aromatic heterocycles. The van der Waals surface area contributed by atoms with Gasteiger partial charge in [0.05, 0.1) is 11.6 Å². The Hall–Kier alpha value is -1.57. The molecule has 0 atom stereocenters. The molecule has 0 radical (unpaired) electrons. The SMILES string of the molecule is N#Cc1ccc(Oc2nc(Cl)cs2)cc1. The largest absolute Gasteiger partial charge is 0.431 e. The molecule has 0 aliphatic heterocycles. The summed E-state index contributed by atoms with van der Waals surface area (Å²) in [6, 6.07) is 8.83. The lowest BCUT2D eigenvalue weighted by atomic mass is 10.2. The molecule has 0 saturated carbocycles. The van der Waals surface area contributed by atoms with Gasteiger partial charge in [0.2, 0.25) is 0 Å². The molecule has 74 valence electrons. The van der Waals surface area contributed by atoms with Crippen molar-refractivity contribution in [1.29, 1.82) is 5.26 Å². The van der Waals surface area contributed by atoms with Gasteiger partial charge in [0.1, 0.15) is 10.9 Å². The first-order valence-electron chi connectivity index (χ1n) is 4.07. The third-order valence-electron chi connectivity index (χ3n) is 1.64. The van der Waals surface area contributed by atoms with Crippen LogP contribution in [0.3, 0.4) is 0 Å². The molecule has 2 aromatic rings. The van der Waals surface area contributed by atoms with E-state index in [1.165, 1.54) is 11.3 Å². The zero-order valence-electron chi connectivity index (χ0n) is 7.48. The molecule has 0 saturated heterocycles. The summed E-state index contributed by atoms with van der Waals surface area (Å²) in [5, 5.41) is 11.2. The molecule has 1 aromatic carbocycles. The van der Waals surface area contributed by atoms with Crippen LogP contribution in [0.1, 0.15) is 5.56 Å². The number of halogens is 1. The van der Waals surface area contributed by atoms with Crippen molar-refractivity contribution in [2.24, 2.45) is 0 Å². The number of aromatic nitrogens is 1. The topological polar surface area (TPSA) is 45.9 Å². The normalized spacial score (nSPS) is 9.60. The van der Waals surface area contributed by atoms with Crippen molar-refractivity contribution in [3.8, 4) is 17.0 Å². The number of nitrogens with zero attached hydrogens (tertiary/aromatic N) is 2. The summed E-state index contributed by atoms with van der Waals surface area (Å²) in [6.45, 7) is 0. The van der Waals surface area contributed by atoms with E-state index >= 15 is 0 Å². The highest BCUT2D eigenvalue weighted by Gasteiger charge is 2.02. The van der Waals surface area contributed by atoms with Gasteiger partial charge in [0, 0.05) is 5.38 Å². The van der Waals surface area contributed by atoms with E-state index in [0.717, 1.165) is 0 Å². The van der Waals surface area contributed by atoms with E-state index in [1.807, 2.05) is 6.07 Å². The minimum atomic E-state index is 0.420. The van der Waals surface area contributed by atoms with Gasteiger partial charge in [0.15, 0.2) is 0 Å². The average molecular weight is 237 g/mol. The molecule has 0 bridgehead atoms. The van der Waals surface area contributed by atoms with Crippen LogP contribution < -0.4 is 4.74 Å². The van der Waals surface area contributed by atoms with E-state index in [2.05, 4.69) is 4.98 Å². The molecule has 0 fully saturated rings. The quantitative estimate of drug-likeness (QED) is 0.802. The fourth-order valence-electron chi connectivity index (χ4n) is 0.984. The summed E-state index contributed by atoms with van der Waals surface area (Å²) in [5.41, 5.74) is 0.597. The molecule has 0 unspecified atom stereocenters. The van der Waals surface area contributed by atoms with E-state index in [0.29, 0.717) is 21.7 Å². The van der Waals surface area contributed by atoms with Gasteiger partial charge >= 0.3 is 0 Å². The number of hydrogen-bond donors (Lipinski definition) is 0. The molecule has 0 amide bonds. The smallest absolute Gasteiger partial charge is 0.280 e. The maximum absolute atomic E-state index is 8.60. The number of benzene rings is 1. The lowest BCUT2D eigenvalue weighted by Gasteiger charge is -2.00. The predicted molar refractivity (Wildman–Crippen MR) is 58.4 cm³/mol. The van der Waals surface area contributed by atoms with E-state index in [-0.39, 0.29) is 0 Å². The Morgan fingerprint density at radius 1 is 1.33 bits per heavy atom. The first kappa shape index (κ1) is 9.97. The van der Waals surface area contributed by atoms with Crippen LogP contribution in [0.4, 0.5) is 0 Å². The highest BCUT2D eigenvalue weighted by atomic mass is 35.5. The maximum Gasteiger partial charge on any atom is 0.280 e. The molecule has 2 rings (SSSR count). The second-order valence-corrected chi connectivity index (χ2v) is 3.88. The van der Waals surface area contributed by atoms with Gasteiger partial charge in [-0.3, -0.25) is 0 Å². The van der Waals surface area contributed by atoms with E-state index in [4.69, 9.17) is 21.6 Å². The average Bonchev–Trinajstić information content (AvgIpc) is 2.65. The lowest BCUT2D eigenvalue weighted by Crippen LogP contribution is -1.82. The van der Waals surface area contributed by atoms with Crippen molar-refractivity contribution in [1.82, 2.24) is 4.98 Å². The standard InChI is InChI=1S/C10H5ClN2OS/c11-9-6-15-10(13-9)14-8-3-1-7(5-12)2-4-8/h1-4,6H. The second kappa shape index (κ2) is 4.30. The first-order chi connectivity index (χ1) is 7.28. The maximum atomic E-state index is 8.60. The molecule has 0 N–H and O–H groups in total. The van der Waals surface area contributed by atoms with Crippen LogP contribution in [0.15, 0.2) is 29.6 Å². The Morgan fingerprint density at radius 2 is 2.07 bits per heavy atom. The zero-order valence-corrected chi connectivity index (χ0v) is 9.05. The zero-order chi connectivity index (χ0) is 10.7. The van der Waals surface area contributed by atoms with E-state index in [1.54, 1.807) is 29.6 Å². The van der Waals surface area contributed by atoms with Gasteiger partial charge in [-0.2, -0.15) is 10.2 Å². The third-order valence-corrected chi connectivity index (χ3v) is 2.68. The van der Waals surface area contributed by atoms with Crippen molar-refractivity contribution < 1.29 is 4.74 Å². The number of hydrogen-bond acceptors (Lipinski definition) is 4. The Bertz CT molecular complexity index is 501. The molecular weight excluding hydrogens is 232 g/mol. The number of ether oxygens (including phenoxy) is 1.